The summed E-state index contributed by atoms with van der Waals surface area (Å²) in [7, 11) is 0. The number of non-ortho nitro benzene ring substituents is 1. The first kappa shape index (κ1) is 22.3. The Labute approximate surface area is 202 Å². The van der Waals surface area contributed by atoms with Crippen LogP contribution < -0.4 is 15.1 Å². The zero-order chi connectivity index (χ0) is 24.4. The molecule has 0 bridgehead atoms. The van der Waals surface area contributed by atoms with E-state index in [1.807, 2.05) is 30.3 Å². The number of nitro groups is 1. The van der Waals surface area contributed by atoms with Crippen LogP contribution in [0.25, 0.3) is 5.57 Å². The second kappa shape index (κ2) is 9.42. The molecule has 1 saturated heterocycles. The highest BCUT2D eigenvalue weighted by Gasteiger charge is 2.40. The maximum absolute atomic E-state index is 13.5. The van der Waals surface area contributed by atoms with Crippen LogP contribution in [0.5, 0.6) is 0 Å². The summed E-state index contributed by atoms with van der Waals surface area (Å²) in [5.74, 6) is -0.961. The zero-order valence-corrected chi connectivity index (χ0v) is 19.0. The highest BCUT2D eigenvalue weighted by molar-refractivity contribution is 6.46. The Morgan fingerprint density at radius 3 is 2.03 bits per heavy atom. The van der Waals surface area contributed by atoms with Crippen molar-refractivity contribution in [1.82, 2.24) is 0 Å². The van der Waals surface area contributed by atoms with Crippen molar-refractivity contribution in [3.8, 4) is 0 Å². The topological polar surface area (TPSA) is 95.8 Å². The van der Waals surface area contributed by atoms with Gasteiger partial charge in [0.15, 0.2) is 0 Å². The number of amides is 2. The number of carbonyl (C=O) groups excluding carboxylic acids is 2. The molecule has 0 radical (unpaired) electrons. The third-order valence-electron chi connectivity index (χ3n) is 6.32. The monoisotopic (exact) mass is 468 g/mol. The molecule has 8 nitrogen and oxygen atoms in total. The van der Waals surface area contributed by atoms with Crippen LogP contribution in [-0.4, -0.2) is 29.8 Å². The molecule has 0 aliphatic carbocycles. The Balaban J connectivity index is 1.50. The third kappa shape index (κ3) is 4.38. The largest absolute Gasteiger partial charge is 0.372 e. The number of nitrogens with one attached hydrogen (secondary N) is 1. The van der Waals surface area contributed by atoms with E-state index in [9.17, 15) is 19.7 Å². The van der Waals surface area contributed by atoms with Crippen LogP contribution in [0, 0.1) is 10.1 Å². The molecule has 3 aromatic carbocycles. The van der Waals surface area contributed by atoms with E-state index in [0.29, 0.717) is 16.9 Å². The van der Waals surface area contributed by atoms with Gasteiger partial charge >= 0.3 is 0 Å². The van der Waals surface area contributed by atoms with Crippen molar-refractivity contribution in [2.45, 2.75) is 19.3 Å². The van der Waals surface area contributed by atoms with Crippen molar-refractivity contribution in [3.63, 3.8) is 0 Å². The second-order valence-corrected chi connectivity index (χ2v) is 8.55. The van der Waals surface area contributed by atoms with Crippen LogP contribution in [0.1, 0.15) is 24.8 Å². The molecule has 0 aromatic heterocycles. The minimum atomic E-state index is -0.501. The fraction of sp³-hybridized carbons (Fsp3) is 0.185. The van der Waals surface area contributed by atoms with E-state index in [0.717, 1.165) is 23.7 Å². The van der Waals surface area contributed by atoms with Gasteiger partial charge in [0.1, 0.15) is 5.70 Å². The lowest BCUT2D eigenvalue weighted by Crippen LogP contribution is -2.32. The molecule has 2 amide bonds. The summed E-state index contributed by atoms with van der Waals surface area (Å²) >= 11 is 0. The summed E-state index contributed by atoms with van der Waals surface area (Å²) < 4.78 is 0. The van der Waals surface area contributed by atoms with Crippen LogP contribution in [0.2, 0.25) is 0 Å². The molecule has 176 valence electrons. The van der Waals surface area contributed by atoms with Crippen molar-refractivity contribution >= 4 is 40.1 Å². The van der Waals surface area contributed by atoms with Crippen molar-refractivity contribution in [2.75, 3.05) is 28.2 Å². The van der Waals surface area contributed by atoms with Gasteiger partial charge in [0, 0.05) is 36.6 Å². The number of rotatable bonds is 6. The molecule has 3 aromatic rings. The van der Waals surface area contributed by atoms with E-state index in [4.69, 9.17) is 0 Å². The van der Waals surface area contributed by atoms with Gasteiger partial charge in [-0.2, -0.15) is 0 Å². The molecule has 0 spiro atoms. The zero-order valence-electron chi connectivity index (χ0n) is 19.0. The van der Waals surface area contributed by atoms with Gasteiger partial charge in [-0.1, -0.05) is 18.2 Å². The van der Waals surface area contributed by atoms with E-state index in [1.54, 1.807) is 24.3 Å². The molecule has 0 atom stereocenters. The normalized spacial score (nSPS) is 16.1. The molecular weight excluding hydrogens is 444 g/mol. The highest BCUT2D eigenvalue weighted by atomic mass is 16.6. The quantitative estimate of drug-likeness (QED) is 0.311. The lowest BCUT2D eigenvalue weighted by molar-refractivity contribution is -0.384. The summed E-state index contributed by atoms with van der Waals surface area (Å²) in [4.78, 5) is 41.0. The predicted octanol–water partition coefficient (Wildman–Crippen LogP) is 4.98. The second-order valence-electron chi connectivity index (χ2n) is 8.55. The van der Waals surface area contributed by atoms with Crippen LogP contribution in [-0.2, 0) is 9.59 Å². The first-order chi connectivity index (χ1) is 17.0. The average Bonchev–Trinajstić information content (AvgIpc) is 3.14. The molecule has 1 N–H and O–H groups in total. The lowest BCUT2D eigenvalue weighted by Gasteiger charge is -2.28. The Kier molecular flexibility index (Phi) is 6.01. The molecule has 8 heteroatoms. The first-order valence-electron chi connectivity index (χ1n) is 11.6. The standard InChI is InChI=1S/C27H24N4O4/c32-26-24(19-9-13-23(14-10-19)31(34)35)25(27(33)30(26)22-7-3-1-4-8-22)28-20-11-15-21(16-12-20)29-17-5-2-6-18-29/h1,3-4,7-16,28H,2,5-6,17-18H2. The number of nitrogens with zero attached hydrogens (tertiary/aromatic N) is 3. The van der Waals surface area contributed by atoms with Crippen LogP contribution in [0.15, 0.2) is 84.6 Å². The Bertz CT molecular complexity index is 1300. The molecule has 35 heavy (non-hydrogen) atoms. The van der Waals surface area contributed by atoms with Gasteiger partial charge in [-0.05, 0) is 73.4 Å². The van der Waals surface area contributed by atoms with Gasteiger partial charge in [0.2, 0.25) is 0 Å². The van der Waals surface area contributed by atoms with E-state index >= 15 is 0 Å². The minimum absolute atomic E-state index is 0.0890. The SMILES string of the molecule is O=C1C(Nc2ccc(N3CCCCC3)cc2)=C(c2ccc([N+](=O)[O-])cc2)C(=O)N1c1ccccc1. The fourth-order valence-corrected chi connectivity index (χ4v) is 4.53. The van der Waals surface area contributed by atoms with Gasteiger partial charge in [-0.3, -0.25) is 19.7 Å². The van der Waals surface area contributed by atoms with E-state index in [-0.39, 0.29) is 17.0 Å². The maximum Gasteiger partial charge on any atom is 0.282 e. The number of hydrogen-bond donors (Lipinski definition) is 1. The third-order valence-corrected chi connectivity index (χ3v) is 6.32. The molecule has 2 aliphatic heterocycles. The Hall–Kier alpha value is -4.46. The molecular formula is C27H24N4O4. The molecule has 2 aliphatic rings. The molecule has 2 heterocycles. The summed E-state index contributed by atoms with van der Waals surface area (Å²) in [5.41, 5.74) is 2.91. The minimum Gasteiger partial charge on any atom is -0.372 e. The smallest absolute Gasteiger partial charge is 0.282 e. The number of benzene rings is 3. The number of piperidine rings is 1. The van der Waals surface area contributed by atoms with Gasteiger partial charge < -0.3 is 10.2 Å². The first-order valence-corrected chi connectivity index (χ1v) is 11.6. The number of nitro benzene ring substituents is 1. The molecule has 5 rings (SSSR count). The molecule has 0 saturated carbocycles. The van der Waals surface area contributed by atoms with Crippen LogP contribution in [0.3, 0.4) is 0 Å². The molecule has 1 fully saturated rings. The number of anilines is 3. The fourth-order valence-electron chi connectivity index (χ4n) is 4.53. The van der Waals surface area contributed by atoms with Crippen molar-refractivity contribution in [3.05, 3.63) is 100 Å². The van der Waals surface area contributed by atoms with Crippen molar-refractivity contribution in [2.24, 2.45) is 0 Å². The maximum atomic E-state index is 13.5. The average molecular weight is 469 g/mol. The van der Waals surface area contributed by atoms with E-state index in [1.165, 1.54) is 43.5 Å². The number of para-hydroxylation sites is 1. The lowest BCUT2D eigenvalue weighted by atomic mass is 10.0. The van der Waals surface area contributed by atoms with Gasteiger partial charge in [-0.15, -0.1) is 0 Å². The van der Waals surface area contributed by atoms with Crippen molar-refractivity contribution < 1.29 is 14.5 Å². The van der Waals surface area contributed by atoms with E-state index in [2.05, 4.69) is 10.2 Å². The van der Waals surface area contributed by atoms with Gasteiger partial charge in [-0.25, -0.2) is 4.90 Å². The van der Waals surface area contributed by atoms with E-state index < -0.39 is 16.7 Å². The summed E-state index contributed by atoms with van der Waals surface area (Å²) in [6, 6.07) is 22.2. The highest BCUT2D eigenvalue weighted by Crippen LogP contribution is 2.34. The number of hydrogen-bond acceptors (Lipinski definition) is 6. The van der Waals surface area contributed by atoms with Gasteiger partial charge in [0.05, 0.1) is 16.2 Å². The Morgan fingerprint density at radius 1 is 0.743 bits per heavy atom. The summed E-state index contributed by atoms with van der Waals surface area (Å²) in [6.45, 7) is 2.06. The summed E-state index contributed by atoms with van der Waals surface area (Å²) in [6.07, 6.45) is 3.61. The number of carbonyl (C=O) groups is 2. The summed E-state index contributed by atoms with van der Waals surface area (Å²) in [5, 5.41) is 14.2. The van der Waals surface area contributed by atoms with Crippen LogP contribution >= 0.6 is 0 Å². The molecule has 0 unspecified atom stereocenters. The Morgan fingerprint density at radius 2 is 1.40 bits per heavy atom. The van der Waals surface area contributed by atoms with Crippen molar-refractivity contribution in [1.29, 1.82) is 0 Å². The van der Waals surface area contributed by atoms with Crippen LogP contribution in [0.4, 0.5) is 22.7 Å². The number of imide groups is 1. The van der Waals surface area contributed by atoms with Gasteiger partial charge in [0.25, 0.3) is 17.5 Å². The predicted molar refractivity (Wildman–Crippen MR) is 135 cm³/mol.